The van der Waals surface area contributed by atoms with E-state index in [4.69, 9.17) is 0 Å². The Kier molecular flexibility index (Phi) is 3.77. The zero-order chi connectivity index (χ0) is 12.1. The second-order valence-electron chi connectivity index (χ2n) is 3.22. The molecule has 6 heteroatoms. The Bertz CT molecular complexity index is 498. The molecule has 5 nitrogen and oxygen atoms in total. The van der Waals surface area contributed by atoms with Gasteiger partial charge in [-0.15, -0.1) is 11.8 Å². The number of thioether (sulfide) groups is 1. The summed E-state index contributed by atoms with van der Waals surface area (Å²) in [6, 6.07) is 7.67. The van der Waals surface area contributed by atoms with E-state index < -0.39 is 0 Å². The summed E-state index contributed by atoms with van der Waals surface area (Å²) < 4.78 is 0. The lowest BCUT2D eigenvalue weighted by atomic mass is 10.3. The van der Waals surface area contributed by atoms with Crippen molar-refractivity contribution in [3.05, 3.63) is 36.4 Å². The normalized spacial score (nSPS) is 10.2. The summed E-state index contributed by atoms with van der Waals surface area (Å²) in [5.74, 6) is 0.878. The Morgan fingerprint density at radius 1 is 1.47 bits per heavy atom. The van der Waals surface area contributed by atoms with Crippen LogP contribution in [0.25, 0.3) is 0 Å². The molecule has 1 amide bonds. The monoisotopic (exact) mass is 248 g/mol. The molecule has 2 N–H and O–H groups in total. The van der Waals surface area contributed by atoms with E-state index in [1.54, 1.807) is 11.8 Å². The highest BCUT2D eigenvalue weighted by Gasteiger charge is 2.10. The molecule has 0 fully saturated rings. The van der Waals surface area contributed by atoms with E-state index >= 15 is 0 Å². The summed E-state index contributed by atoms with van der Waals surface area (Å²) in [6.07, 6.45) is 1.31. The Hall–Kier alpha value is -1.82. The lowest BCUT2D eigenvalue weighted by Crippen LogP contribution is -2.14. The summed E-state index contributed by atoms with van der Waals surface area (Å²) in [5.41, 5.74) is 0.792. The number of hydrogen-bond donors (Lipinski definition) is 2. The van der Waals surface area contributed by atoms with Crippen LogP contribution in [0.15, 0.2) is 35.5 Å². The molecule has 0 unspecified atom stereocenters. The fourth-order valence-electron chi connectivity index (χ4n) is 1.35. The molecule has 88 valence electrons. The van der Waals surface area contributed by atoms with Crippen molar-refractivity contribution in [2.75, 3.05) is 11.1 Å². The molecule has 0 saturated carbocycles. The second kappa shape index (κ2) is 5.49. The first-order valence-electron chi connectivity index (χ1n) is 5.19. The van der Waals surface area contributed by atoms with Gasteiger partial charge >= 0.3 is 0 Å². The van der Waals surface area contributed by atoms with Gasteiger partial charge < -0.3 is 5.32 Å². The van der Waals surface area contributed by atoms with Crippen LogP contribution in [0.4, 0.5) is 5.69 Å². The van der Waals surface area contributed by atoms with Gasteiger partial charge in [-0.05, 0) is 17.9 Å². The Labute approximate surface area is 103 Å². The van der Waals surface area contributed by atoms with Gasteiger partial charge in [0.05, 0.1) is 5.69 Å². The molecule has 2 aromatic rings. The third-order valence-electron chi connectivity index (χ3n) is 2.07. The smallest absolute Gasteiger partial charge is 0.293 e. The van der Waals surface area contributed by atoms with E-state index in [0.29, 0.717) is 0 Å². The highest BCUT2D eigenvalue weighted by molar-refractivity contribution is 7.99. The minimum Gasteiger partial charge on any atom is -0.318 e. The number of aromatic nitrogens is 3. The minimum absolute atomic E-state index is 0.210. The molecule has 1 aromatic carbocycles. The van der Waals surface area contributed by atoms with Crippen LogP contribution in [0, 0.1) is 0 Å². The molecule has 0 aliphatic rings. The first kappa shape index (κ1) is 11.7. The van der Waals surface area contributed by atoms with Crippen LogP contribution in [0.1, 0.15) is 17.5 Å². The fraction of sp³-hybridized carbons (Fsp3) is 0.182. The lowest BCUT2D eigenvalue weighted by molar-refractivity contribution is 0.101. The van der Waals surface area contributed by atoms with Crippen LogP contribution in [0.2, 0.25) is 0 Å². The van der Waals surface area contributed by atoms with Crippen molar-refractivity contribution < 1.29 is 4.79 Å². The van der Waals surface area contributed by atoms with Crippen molar-refractivity contribution in [3.8, 4) is 0 Å². The van der Waals surface area contributed by atoms with Crippen molar-refractivity contribution in [3.63, 3.8) is 0 Å². The fourth-order valence-corrected chi connectivity index (χ4v) is 2.11. The minimum atomic E-state index is -0.286. The zero-order valence-electron chi connectivity index (χ0n) is 9.30. The summed E-state index contributed by atoms with van der Waals surface area (Å²) in [6.45, 7) is 2.07. The number of hydrogen-bond acceptors (Lipinski definition) is 4. The van der Waals surface area contributed by atoms with Crippen LogP contribution in [0.5, 0.6) is 0 Å². The highest BCUT2D eigenvalue weighted by Crippen LogP contribution is 2.26. The van der Waals surface area contributed by atoms with Crippen molar-refractivity contribution in [1.82, 2.24) is 15.2 Å². The number of aromatic amines is 1. The molecule has 0 atom stereocenters. The molecule has 2 rings (SSSR count). The first-order valence-corrected chi connectivity index (χ1v) is 6.18. The number of nitrogens with one attached hydrogen (secondary N) is 2. The molecule has 0 aliphatic heterocycles. The predicted octanol–water partition coefficient (Wildman–Crippen LogP) is 2.17. The van der Waals surface area contributed by atoms with Crippen molar-refractivity contribution >= 4 is 23.4 Å². The third-order valence-corrected chi connectivity index (χ3v) is 3.02. The van der Waals surface area contributed by atoms with E-state index in [1.807, 2.05) is 24.3 Å². The van der Waals surface area contributed by atoms with Gasteiger partial charge in [0.15, 0.2) is 0 Å². The van der Waals surface area contributed by atoms with Gasteiger partial charge in [-0.25, -0.2) is 4.98 Å². The summed E-state index contributed by atoms with van der Waals surface area (Å²) in [7, 11) is 0. The SMILES string of the molecule is CCSc1ccccc1NC(=O)c1ncn[nH]1. The molecule has 1 aromatic heterocycles. The molecule has 0 spiro atoms. The van der Waals surface area contributed by atoms with E-state index in [-0.39, 0.29) is 11.7 Å². The molecule has 1 heterocycles. The van der Waals surface area contributed by atoms with E-state index in [1.165, 1.54) is 6.33 Å². The van der Waals surface area contributed by atoms with Crippen molar-refractivity contribution in [2.24, 2.45) is 0 Å². The first-order chi connectivity index (χ1) is 8.31. The maximum atomic E-state index is 11.8. The lowest BCUT2D eigenvalue weighted by Gasteiger charge is -2.08. The van der Waals surface area contributed by atoms with Gasteiger partial charge in [0.2, 0.25) is 5.82 Å². The highest BCUT2D eigenvalue weighted by atomic mass is 32.2. The largest absolute Gasteiger partial charge is 0.318 e. The number of benzene rings is 1. The van der Waals surface area contributed by atoms with Crippen LogP contribution in [0.3, 0.4) is 0 Å². The molecule has 0 aliphatic carbocycles. The average Bonchev–Trinajstić information content (AvgIpc) is 2.85. The van der Waals surface area contributed by atoms with Gasteiger partial charge in [0, 0.05) is 4.90 Å². The van der Waals surface area contributed by atoms with Gasteiger partial charge in [0.25, 0.3) is 5.91 Å². The predicted molar refractivity (Wildman–Crippen MR) is 67.2 cm³/mol. The zero-order valence-corrected chi connectivity index (χ0v) is 10.1. The number of rotatable bonds is 4. The van der Waals surface area contributed by atoms with Crippen LogP contribution in [-0.4, -0.2) is 26.8 Å². The molecule has 0 radical (unpaired) electrons. The third kappa shape index (κ3) is 2.85. The molecule has 0 bridgehead atoms. The molecule has 0 saturated heterocycles. The van der Waals surface area contributed by atoms with Crippen molar-refractivity contribution in [2.45, 2.75) is 11.8 Å². The number of nitrogens with zero attached hydrogens (tertiary/aromatic N) is 2. The number of carbonyl (C=O) groups is 1. The van der Waals surface area contributed by atoms with Gasteiger partial charge in [-0.2, -0.15) is 5.10 Å². The number of H-pyrrole nitrogens is 1. The quantitative estimate of drug-likeness (QED) is 0.813. The van der Waals surface area contributed by atoms with Crippen molar-refractivity contribution in [1.29, 1.82) is 0 Å². The van der Waals surface area contributed by atoms with Crippen LogP contribution in [-0.2, 0) is 0 Å². The van der Waals surface area contributed by atoms with Gasteiger partial charge in [-0.3, -0.25) is 9.89 Å². The van der Waals surface area contributed by atoms with E-state index in [9.17, 15) is 4.79 Å². The summed E-state index contributed by atoms with van der Waals surface area (Å²) >= 11 is 1.68. The molecular weight excluding hydrogens is 236 g/mol. The maximum absolute atomic E-state index is 11.8. The molecule has 17 heavy (non-hydrogen) atoms. The Balaban J connectivity index is 2.15. The number of para-hydroxylation sites is 1. The summed E-state index contributed by atoms with van der Waals surface area (Å²) in [5, 5.41) is 8.97. The van der Waals surface area contributed by atoms with E-state index in [0.717, 1.165) is 16.3 Å². The standard InChI is InChI=1S/C11H12N4OS/c1-2-17-9-6-4-3-5-8(9)14-11(16)10-12-7-13-15-10/h3-7H,2H2,1H3,(H,14,16)(H,12,13,15). The molecular formula is C11H12N4OS. The summed E-state index contributed by atoms with van der Waals surface area (Å²) in [4.78, 5) is 16.6. The average molecular weight is 248 g/mol. The van der Waals surface area contributed by atoms with Gasteiger partial charge in [-0.1, -0.05) is 19.1 Å². The van der Waals surface area contributed by atoms with Crippen LogP contribution < -0.4 is 5.32 Å². The second-order valence-corrected chi connectivity index (χ2v) is 4.52. The number of amides is 1. The number of anilines is 1. The van der Waals surface area contributed by atoms with E-state index in [2.05, 4.69) is 27.4 Å². The topological polar surface area (TPSA) is 70.7 Å². The Morgan fingerprint density at radius 2 is 2.29 bits per heavy atom. The van der Waals surface area contributed by atoms with Gasteiger partial charge in [0.1, 0.15) is 6.33 Å². The Morgan fingerprint density at radius 3 is 3.00 bits per heavy atom. The maximum Gasteiger partial charge on any atom is 0.293 e. The number of carbonyl (C=O) groups excluding carboxylic acids is 1. The van der Waals surface area contributed by atoms with Crippen LogP contribution >= 0.6 is 11.8 Å².